The molecule has 0 radical (unpaired) electrons. The lowest BCUT2D eigenvalue weighted by molar-refractivity contribution is -0.104. The molecule has 0 aliphatic carbocycles. The number of phenols is 1. The van der Waals surface area contributed by atoms with Crippen molar-refractivity contribution in [2.24, 2.45) is 0 Å². The van der Waals surface area contributed by atoms with E-state index in [1.165, 1.54) is 26.4 Å². The van der Waals surface area contributed by atoms with Crippen molar-refractivity contribution >= 4 is 12.4 Å². The van der Waals surface area contributed by atoms with Gasteiger partial charge in [-0.15, -0.1) is 0 Å². The van der Waals surface area contributed by atoms with Crippen molar-refractivity contribution < 1.29 is 29.2 Å². The number of ether oxygens (including phenoxy) is 3. The Labute approximate surface area is 151 Å². The van der Waals surface area contributed by atoms with Crippen molar-refractivity contribution in [3.63, 3.8) is 0 Å². The van der Waals surface area contributed by atoms with Gasteiger partial charge in [0.1, 0.15) is 12.4 Å². The fourth-order valence-corrected chi connectivity index (χ4v) is 3.18. The molecule has 0 spiro atoms. The van der Waals surface area contributed by atoms with E-state index in [1.54, 1.807) is 24.3 Å². The number of aliphatic hydroxyl groups is 1. The van der Waals surface area contributed by atoms with Gasteiger partial charge in [-0.3, -0.25) is 4.79 Å². The van der Waals surface area contributed by atoms with Crippen LogP contribution < -0.4 is 14.2 Å². The number of aldehydes is 1. The molecule has 0 bridgehead atoms. The average molecular weight is 356 g/mol. The number of phenolic OH excluding ortho intramolecular Hbond substituents is 1. The number of aromatic hydroxyl groups is 1. The second-order valence-electron chi connectivity index (χ2n) is 5.90. The molecule has 2 atom stereocenters. The topological polar surface area (TPSA) is 85.2 Å². The SMILES string of the molecule is COc1cc([C@H]2Oc3c(OC)cc(/C=C/C=O)cc3[C@@H]2CO)ccc1O. The van der Waals surface area contributed by atoms with Crippen LogP contribution in [0.4, 0.5) is 0 Å². The second-order valence-corrected chi connectivity index (χ2v) is 5.90. The Bertz CT molecular complexity index is 842. The number of carbonyl (C=O) groups is 1. The minimum absolute atomic E-state index is 0.0335. The summed E-state index contributed by atoms with van der Waals surface area (Å²) in [5.41, 5.74) is 2.34. The Morgan fingerprint density at radius 3 is 2.58 bits per heavy atom. The first-order valence-electron chi connectivity index (χ1n) is 8.11. The van der Waals surface area contributed by atoms with Crippen molar-refractivity contribution in [1.29, 1.82) is 0 Å². The summed E-state index contributed by atoms with van der Waals surface area (Å²) < 4.78 is 16.7. The summed E-state index contributed by atoms with van der Waals surface area (Å²) in [6.45, 7) is -0.134. The molecule has 6 nitrogen and oxygen atoms in total. The van der Waals surface area contributed by atoms with Crippen LogP contribution in [-0.4, -0.2) is 37.3 Å². The number of allylic oxidation sites excluding steroid dienone is 1. The Morgan fingerprint density at radius 2 is 1.92 bits per heavy atom. The highest BCUT2D eigenvalue weighted by Crippen LogP contribution is 2.51. The number of aliphatic hydroxyl groups excluding tert-OH is 1. The zero-order chi connectivity index (χ0) is 18.7. The maximum atomic E-state index is 10.6. The molecule has 26 heavy (non-hydrogen) atoms. The van der Waals surface area contributed by atoms with Crippen molar-refractivity contribution in [3.05, 3.63) is 53.1 Å². The molecule has 0 amide bonds. The molecule has 1 heterocycles. The molecule has 0 unspecified atom stereocenters. The van der Waals surface area contributed by atoms with Crippen LogP contribution in [0.3, 0.4) is 0 Å². The van der Waals surface area contributed by atoms with Gasteiger partial charge in [0.05, 0.1) is 26.7 Å². The minimum Gasteiger partial charge on any atom is -0.504 e. The van der Waals surface area contributed by atoms with Crippen LogP contribution in [-0.2, 0) is 4.79 Å². The lowest BCUT2D eigenvalue weighted by Crippen LogP contribution is -2.13. The molecular formula is C20H20O6. The summed E-state index contributed by atoms with van der Waals surface area (Å²) in [7, 11) is 3.01. The van der Waals surface area contributed by atoms with Gasteiger partial charge in [-0.25, -0.2) is 0 Å². The second kappa shape index (κ2) is 7.49. The number of methoxy groups -OCH3 is 2. The molecule has 3 rings (SSSR count). The molecule has 136 valence electrons. The molecule has 6 heteroatoms. The Morgan fingerprint density at radius 1 is 1.15 bits per heavy atom. The van der Waals surface area contributed by atoms with Gasteiger partial charge in [0.25, 0.3) is 0 Å². The highest BCUT2D eigenvalue weighted by Gasteiger charge is 2.37. The summed E-state index contributed by atoms with van der Waals surface area (Å²) in [6, 6.07) is 8.60. The third kappa shape index (κ3) is 3.11. The van der Waals surface area contributed by atoms with Crippen molar-refractivity contribution in [1.82, 2.24) is 0 Å². The number of benzene rings is 2. The van der Waals surface area contributed by atoms with Gasteiger partial charge < -0.3 is 24.4 Å². The zero-order valence-corrected chi connectivity index (χ0v) is 14.5. The van der Waals surface area contributed by atoms with Crippen LogP contribution in [0.5, 0.6) is 23.0 Å². The molecule has 2 N–H and O–H groups in total. The third-order valence-corrected chi connectivity index (χ3v) is 4.43. The van der Waals surface area contributed by atoms with Crippen LogP contribution in [0.1, 0.15) is 28.7 Å². The number of hydrogen-bond donors (Lipinski definition) is 2. The van der Waals surface area contributed by atoms with Gasteiger partial charge in [-0.1, -0.05) is 12.1 Å². The van der Waals surface area contributed by atoms with Gasteiger partial charge in [0.2, 0.25) is 0 Å². The standard InChI is InChI=1S/C20H20O6/c1-24-17-10-13(5-6-16(17)23)19-15(11-22)14-8-12(4-3-7-21)9-18(25-2)20(14)26-19/h3-10,15,19,22-23H,11H2,1-2H3/b4-3+/t15-,19+/m0/s1. The van der Waals surface area contributed by atoms with Crippen LogP contribution in [0.25, 0.3) is 6.08 Å². The molecule has 0 saturated carbocycles. The molecular weight excluding hydrogens is 336 g/mol. The lowest BCUT2D eigenvalue weighted by atomic mass is 9.90. The van der Waals surface area contributed by atoms with E-state index in [-0.39, 0.29) is 18.3 Å². The highest BCUT2D eigenvalue weighted by atomic mass is 16.5. The molecule has 0 aromatic heterocycles. The number of rotatable bonds is 6. The van der Waals surface area contributed by atoms with Crippen LogP contribution in [0, 0.1) is 0 Å². The monoisotopic (exact) mass is 356 g/mol. The van der Waals surface area contributed by atoms with E-state index in [9.17, 15) is 15.0 Å². The smallest absolute Gasteiger partial charge is 0.165 e. The maximum absolute atomic E-state index is 10.6. The predicted octanol–water partition coefficient (Wildman–Crippen LogP) is 2.83. The predicted molar refractivity (Wildman–Crippen MR) is 95.9 cm³/mol. The molecule has 2 aromatic carbocycles. The summed E-state index contributed by atoms with van der Waals surface area (Å²) in [4.78, 5) is 10.6. The maximum Gasteiger partial charge on any atom is 0.165 e. The van der Waals surface area contributed by atoms with Crippen molar-refractivity contribution in [2.45, 2.75) is 12.0 Å². The fourth-order valence-electron chi connectivity index (χ4n) is 3.18. The van der Waals surface area contributed by atoms with E-state index in [0.29, 0.717) is 23.5 Å². The van der Waals surface area contributed by atoms with Crippen LogP contribution in [0.15, 0.2) is 36.4 Å². The quantitative estimate of drug-likeness (QED) is 0.612. The first-order valence-corrected chi connectivity index (χ1v) is 8.11. The molecule has 0 saturated heterocycles. The molecule has 0 fully saturated rings. The highest BCUT2D eigenvalue weighted by molar-refractivity contribution is 5.75. The van der Waals surface area contributed by atoms with Gasteiger partial charge in [0, 0.05) is 5.56 Å². The van der Waals surface area contributed by atoms with Gasteiger partial charge in [-0.05, 0) is 41.5 Å². The lowest BCUT2D eigenvalue weighted by Gasteiger charge is -2.18. The first kappa shape index (κ1) is 17.8. The largest absolute Gasteiger partial charge is 0.504 e. The van der Waals surface area contributed by atoms with E-state index in [0.717, 1.165) is 16.7 Å². The van der Waals surface area contributed by atoms with E-state index >= 15 is 0 Å². The number of fused-ring (bicyclic) bond motifs is 1. The van der Waals surface area contributed by atoms with E-state index < -0.39 is 6.10 Å². The summed E-state index contributed by atoms with van der Waals surface area (Å²) in [5, 5.41) is 19.8. The summed E-state index contributed by atoms with van der Waals surface area (Å²) in [5.74, 6) is 1.14. The molecule has 1 aliphatic rings. The number of hydrogen-bond acceptors (Lipinski definition) is 6. The Balaban J connectivity index is 2.06. The van der Waals surface area contributed by atoms with Crippen LogP contribution in [0.2, 0.25) is 0 Å². The zero-order valence-electron chi connectivity index (χ0n) is 14.5. The molecule has 1 aliphatic heterocycles. The third-order valence-electron chi connectivity index (χ3n) is 4.43. The Kier molecular flexibility index (Phi) is 5.14. The van der Waals surface area contributed by atoms with E-state index in [2.05, 4.69) is 0 Å². The normalized spacial score (nSPS) is 18.4. The number of carbonyl (C=O) groups excluding carboxylic acids is 1. The minimum atomic E-state index is -0.455. The Hall–Kier alpha value is -2.99. The first-order chi connectivity index (χ1) is 12.6. The fraction of sp³-hybridized carbons (Fsp3) is 0.250. The van der Waals surface area contributed by atoms with Crippen LogP contribution >= 0.6 is 0 Å². The van der Waals surface area contributed by atoms with E-state index in [4.69, 9.17) is 14.2 Å². The van der Waals surface area contributed by atoms with Crippen molar-refractivity contribution in [3.8, 4) is 23.0 Å². The summed E-state index contributed by atoms with van der Waals surface area (Å²) >= 11 is 0. The van der Waals surface area contributed by atoms with Gasteiger partial charge >= 0.3 is 0 Å². The molecule has 2 aromatic rings. The summed E-state index contributed by atoms with van der Waals surface area (Å²) in [6.07, 6.45) is 3.31. The van der Waals surface area contributed by atoms with Gasteiger partial charge in [0.15, 0.2) is 23.0 Å². The van der Waals surface area contributed by atoms with Gasteiger partial charge in [-0.2, -0.15) is 0 Å². The van der Waals surface area contributed by atoms with Crippen molar-refractivity contribution in [2.75, 3.05) is 20.8 Å². The van der Waals surface area contributed by atoms with E-state index in [1.807, 2.05) is 6.07 Å². The average Bonchev–Trinajstić information content (AvgIpc) is 3.04.